The van der Waals surface area contributed by atoms with Crippen LogP contribution in [0.5, 0.6) is 0 Å². The standard InChI is InChI=1S/C10H11BrClNO/c1-5-4-8(12)9(11)6(2)10(5)13-7(3)14/h4H,1-3H3,(H,13,14). The van der Waals surface area contributed by atoms with Gasteiger partial charge in [-0.05, 0) is 47.0 Å². The van der Waals surface area contributed by atoms with Gasteiger partial charge in [-0.15, -0.1) is 0 Å². The van der Waals surface area contributed by atoms with Crippen molar-refractivity contribution in [2.75, 3.05) is 5.32 Å². The van der Waals surface area contributed by atoms with Crippen LogP contribution < -0.4 is 5.32 Å². The molecule has 0 aromatic heterocycles. The van der Waals surface area contributed by atoms with Gasteiger partial charge < -0.3 is 5.32 Å². The second kappa shape index (κ2) is 4.32. The summed E-state index contributed by atoms with van der Waals surface area (Å²) in [6.07, 6.45) is 0. The minimum absolute atomic E-state index is 0.0783. The summed E-state index contributed by atoms with van der Waals surface area (Å²) >= 11 is 9.34. The summed E-state index contributed by atoms with van der Waals surface area (Å²) in [7, 11) is 0. The van der Waals surface area contributed by atoms with Gasteiger partial charge in [-0.3, -0.25) is 4.79 Å². The van der Waals surface area contributed by atoms with Crippen molar-refractivity contribution in [2.45, 2.75) is 20.8 Å². The van der Waals surface area contributed by atoms with Crippen molar-refractivity contribution in [2.24, 2.45) is 0 Å². The van der Waals surface area contributed by atoms with Gasteiger partial charge in [0.2, 0.25) is 5.91 Å². The number of carbonyl (C=O) groups excluding carboxylic acids is 1. The van der Waals surface area contributed by atoms with Crippen molar-refractivity contribution in [1.29, 1.82) is 0 Å². The van der Waals surface area contributed by atoms with Gasteiger partial charge >= 0.3 is 0 Å². The Hall–Kier alpha value is -0.540. The number of carbonyl (C=O) groups is 1. The summed E-state index contributed by atoms with van der Waals surface area (Å²) < 4.78 is 0.827. The molecule has 0 aliphatic rings. The average molecular weight is 277 g/mol. The van der Waals surface area contributed by atoms with Gasteiger partial charge in [-0.1, -0.05) is 11.6 Å². The third-order valence-electron chi connectivity index (χ3n) is 1.95. The maximum atomic E-state index is 11.0. The third kappa shape index (κ3) is 2.28. The van der Waals surface area contributed by atoms with Crippen molar-refractivity contribution in [1.82, 2.24) is 0 Å². The molecule has 1 N–H and O–H groups in total. The molecule has 0 atom stereocenters. The lowest BCUT2D eigenvalue weighted by Crippen LogP contribution is -2.09. The fraction of sp³-hybridized carbons (Fsp3) is 0.300. The second-order valence-corrected chi connectivity index (χ2v) is 4.37. The van der Waals surface area contributed by atoms with Gasteiger partial charge in [-0.25, -0.2) is 0 Å². The van der Waals surface area contributed by atoms with Crippen LogP contribution >= 0.6 is 27.5 Å². The smallest absolute Gasteiger partial charge is 0.221 e. The average Bonchev–Trinajstić information content (AvgIpc) is 2.09. The Morgan fingerprint density at radius 2 is 2.07 bits per heavy atom. The zero-order valence-corrected chi connectivity index (χ0v) is 10.6. The summed E-state index contributed by atoms with van der Waals surface area (Å²) in [5.74, 6) is -0.0783. The molecule has 0 radical (unpaired) electrons. The molecule has 2 nitrogen and oxygen atoms in total. The highest BCUT2D eigenvalue weighted by atomic mass is 79.9. The normalized spacial score (nSPS) is 10.1. The monoisotopic (exact) mass is 275 g/mol. The fourth-order valence-electron chi connectivity index (χ4n) is 1.28. The number of hydrogen-bond donors (Lipinski definition) is 1. The molecule has 0 fully saturated rings. The zero-order valence-electron chi connectivity index (χ0n) is 8.24. The molecular weight excluding hydrogens is 265 g/mol. The Kier molecular flexibility index (Phi) is 3.56. The maximum absolute atomic E-state index is 11.0. The summed E-state index contributed by atoms with van der Waals surface area (Å²) in [6.45, 7) is 5.31. The molecule has 0 heterocycles. The molecule has 0 aliphatic carbocycles. The van der Waals surface area contributed by atoms with E-state index in [1.165, 1.54) is 6.92 Å². The van der Waals surface area contributed by atoms with Crippen LogP contribution in [-0.4, -0.2) is 5.91 Å². The molecule has 4 heteroatoms. The first kappa shape index (κ1) is 11.5. The molecule has 14 heavy (non-hydrogen) atoms. The highest BCUT2D eigenvalue weighted by molar-refractivity contribution is 9.10. The Labute approximate surface area is 96.8 Å². The highest BCUT2D eigenvalue weighted by Crippen LogP contribution is 2.33. The maximum Gasteiger partial charge on any atom is 0.221 e. The number of rotatable bonds is 1. The number of hydrogen-bond acceptors (Lipinski definition) is 1. The van der Waals surface area contributed by atoms with E-state index in [2.05, 4.69) is 21.2 Å². The van der Waals surface area contributed by atoms with Crippen molar-refractivity contribution < 1.29 is 4.79 Å². The molecule has 0 spiro atoms. The van der Waals surface area contributed by atoms with Gasteiger partial charge in [0.1, 0.15) is 0 Å². The number of nitrogens with one attached hydrogen (secondary N) is 1. The molecule has 0 bridgehead atoms. The molecule has 0 aliphatic heterocycles. The van der Waals surface area contributed by atoms with E-state index in [1.54, 1.807) is 0 Å². The Morgan fingerprint density at radius 1 is 1.50 bits per heavy atom. The van der Waals surface area contributed by atoms with Crippen LogP contribution in [0, 0.1) is 13.8 Å². The third-order valence-corrected chi connectivity index (χ3v) is 3.50. The quantitative estimate of drug-likeness (QED) is 0.833. The van der Waals surface area contributed by atoms with E-state index in [0.717, 1.165) is 21.3 Å². The van der Waals surface area contributed by atoms with Crippen LogP contribution in [-0.2, 0) is 4.79 Å². The first-order chi connectivity index (χ1) is 6.43. The molecule has 0 saturated heterocycles. The molecule has 0 unspecified atom stereocenters. The van der Waals surface area contributed by atoms with Crippen LogP contribution in [0.2, 0.25) is 5.02 Å². The molecular formula is C10H11BrClNO. The van der Waals surface area contributed by atoms with Gasteiger partial charge in [0, 0.05) is 17.1 Å². The summed E-state index contributed by atoms with van der Waals surface area (Å²) in [6, 6.07) is 1.82. The van der Waals surface area contributed by atoms with Crippen molar-refractivity contribution >= 4 is 39.1 Å². The molecule has 1 rings (SSSR count). The van der Waals surface area contributed by atoms with Gasteiger partial charge in [0.05, 0.1) is 5.02 Å². The van der Waals surface area contributed by atoms with Gasteiger partial charge in [0.25, 0.3) is 0 Å². The largest absolute Gasteiger partial charge is 0.326 e. The number of benzene rings is 1. The van der Waals surface area contributed by atoms with Crippen molar-refractivity contribution in [3.8, 4) is 0 Å². The lowest BCUT2D eigenvalue weighted by Gasteiger charge is -2.12. The molecule has 76 valence electrons. The van der Waals surface area contributed by atoms with E-state index in [1.807, 2.05) is 19.9 Å². The predicted octanol–water partition coefficient (Wildman–Crippen LogP) is 3.68. The van der Waals surface area contributed by atoms with Gasteiger partial charge in [0.15, 0.2) is 0 Å². The second-order valence-electron chi connectivity index (χ2n) is 3.17. The van der Waals surface area contributed by atoms with E-state index in [9.17, 15) is 4.79 Å². The Balaban J connectivity index is 3.29. The van der Waals surface area contributed by atoms with Crippen LogP contribution in [0.3, 0.4) is 0 Å². The van der Waals surface area contributed by atoms with Crippen LogP contribution in [0.25, 0.3) is 0 Å². The summed E-state index contributed by atoms with van der Waals surface area (Å²) in [5, 5.41) is 3.44. The van der Waals surface area contributed by atoms with E-state index < -0.39 is 0 Å². The Morgan fingerprint density at radius 3 is 2.57 bits per heavy atom. The Bertz CT molecular complexity index is 390. The first-order valence-corrected chi connectivity index (χ1v) is 5.33. The predicted molar refractivity (Wildman–Crippen MR) is 62.9 cm³/mol. The number of halogens is 2. The van der Waals surface area contributed by atoms with Crippen LogP contribution in [0.1, 0.15) is 18.1 Å². The topological polar surface area (TPSA) is 29.1 Å². The SMILES string of the molecule is CC(=O)Nc1c(C)cc(Cl)c(Br)c1C. The molecule has 1 amide bonds. The molecule has 1 aromatic rings. The van der Waals surface area contributed by atoms with E-state index >= 15 is 0 Å². The zero-order chi connectivity index (χ0) is 10.9. The van der Waals surface area contributed by atoms with Crippen LogP contribution in [0.15, 0.2) is 10.5 Å². The van der Waals surface area contributed by atoms with Crippen molar-refractivity contribution in [3.63, 3.8) is 0 Å². The van der Waals surface area contributed by atoms with Crippen molar-refractivity contribution in [3.05, 3.63) is 26.7 Å². The van der Waals surface area contributed by atoms with E-state index in [-0.39, 0.29) is 5.91 Å². The van der Waals surface area contributed by atoms with Gasteiger partial charge in [-0.2, -0.15) is 0 Å². The number of anilines is 1. The fourth-order valence-corrected chi connectivity index (χ4v) is 1.90. The number of aryl methyl sites for hydroxylation is 1. The molecule has 1 aromatic carbocycles. The van der Waals surface area contributed by atoms with E-state index in [0.29, 0.717) is 5.02 Å². The number of amides is 1. The summed E-state index contributed by atoms with van der Waals surface area (Å²) in [4.78, 5) is 11.0. The van der Waals surface area contributed by atoms with E-state index in [4.69, 9.17) is 11.6 Å². The first-order valence-electron chi connectivity index (χ1n) is 4.16. The lowest BCUT2D eigenvalue weighted by atomic mass is 10.1. The minimum Gasteiger partial charge on any atom is -0.326 e. The molecule has 0 saturated carbocycles. The minimum atomic E-state index is -0.0783. The van der Waals surface area contributed by atoms with Crippen LogP contribution in [0.4, 0.5) is 5.69 Å². The lowest BCUT2D eigenvalue weighted by molar-refractivity contribution is -0.114. The highest BCUT2D eigenvalue weighted by Gasteiger charge is 2.10. The summed E-state index contributed by atoms with van der Waals surface area (Å²) in [5.41, 5.74) is 2.74.